The third-order valence-corrected chi connectivity index (χ3v) is 2.97. The normalized spacial score (nSPS) is 10.4. The fraction of sp³-hybridized carbons (Fsp3) is 0.133. The van der Waals surface area contributed by atoms with Crippen LogP contribution in [0.15, 0.2) is 30.3 Å². The van der Waals surface area contributed by atoms with E-state index in [4.69, 9.17) is 5.73 Å². The van der Waals surface area contributed by atoms with E-state index in [0.717, 1.165) is 23.3 Å². The standard InChI is InChI=1S/C15H14F2N2O/c1-8-3-4-13(9(2)5-8)19-15(20)10-6-11(16)14(18)12(17)7-10/h3-7H,18H2,1-2H3,(H,19,20). The molecule has 0 aliphatic carbocycles. The minimum atomic E-state index is -0.948. The van der Waals surface area contributed by atoms with Crippen LogP contribution in [-0.2, 0) is 0 Å². The first-order valence-corrected chi connectivity index (χ1v) is 6.01. The van der Waals surface area contributed by atoms with Crippen molar-refractivity contribution in [2.75, 3.05) is 11.1 Å². The van der Waals surface area contributed by atoms with E-state index in [1.54, 1.807) is 6.07 Å². The molecule has 104 valence electrons. The van der Waals surface area contributed by atoms with E-state index >= 15 is 0 Å². The molecule has 0 fully saturated rings. The molecule has 0 radical (unpaired) electrons. The van der Waals surface area contributed by atoms with Crippen LogP contribution in [0.4, 0.5) is 20.2 Å². The molecule has 20 heavy (non-hydrogen) atoms. The molecule has 0 aliphatic heterocycles. The van der Waals surface area contributed by atoms with E-state index in [0.29, 0.717) is 5.69 Å². The number of hydrogen-bond acceptors (Lipinski definition) is 2. The lowest BCUT2D eigenvalue weighted by molar-refractivity contribution is 0.102. The zero-order valence-corrected chi connectivity index (χ0v) is 11.1. The minimum absolute atomic E-state index is 0.117. The first kappa shape index (κ1) is 14.0. The van der Waals surface area contributed by atoms with Gasteiger partial charge in [0.25, 0.3) is 5.91 Å². The summed E-state index contributed by atoms with van der Waals surface area (Å²) in [6, 6.07) is 7.31. The van der Waals surface area contributed by atoms with Crippen LogP contribution in [0.3, 0.4) is 0 Å². The van der Waals surface area contributed by atoms with Crippen molar-refractivity contribution in [2.45, 2.75) is 13.8 Å². The summed E-state index contributed by atoms with van der Waals surface area (Å²) in [5.41, 5.74) is 6.98. The van der Waals surface area contributed by atoms with Gasteiger partial charge in [-0.2, -0.15) is 0 Å². The van der Waals surface area contributed by atoms with Gasteiger partial charge >= 0.3 is 0 Å². The summed E-state index contributed by atoms with van der Waals surface area (Å²) >= 11 is 0. The van der Waals surface area contributed by atoms with Crippen LogP contribution in [-0.4, -0.2) is 5.91 Å². The molecule has 0 spiro atoms. The first-order valence-electron chi connectivity index (χ1n) is 6.01. The van der Waals surface area contributed by atoms with E-state index in [1.807, 2.05) is 26.0 Å². The number of hydrogen-bond donors (Lipinski definition) is 2. The number of anilines is 2. The van der Waals surface area contributed by atoms with Gasteiger partial charge in [0.2, 0.25) is 0 Å². The number of aryl methyl sites for hydroxylation is 2. The number of amides is 1. The van der Waals surface area contributed by atoms with E-state index < -0.39 is 23.2 Å². The number of carbonyl (C=O) groups excluding carboxylic acids is 1. The highest BCUT2D eigenvalue weighted by atomic mass is 19.1. The molecular formula is C15H14F2N2O. The summed E-state index contributed by atoms with van der Waals surface area (Å²) in [5.74, 6) is -2.48. The molecule has 0 atom stereocenters. The zero-order valence-electron chi connectivity index (χ0n) is 11.1. The Morgan fingerprint density at radius 2 is 1.70 bits per heavy atom. The topological polar surface area (TPSA) is 55.1 Å². The first-order chi connectivity index (χ1) is 9.38. The van der Waals surface area contributed by atoms with Gasteiger partial charge in [0.15, 0.2) is 0 Å². The number of carbonyl (C=O) groups is 1. The number of nitrogens with two attached hydrogens (primary N) is 1. The van der Waals surface area contributed by atoms with Crippen molar-refractivity contribution in [1.82, 2.24) is 0 Å². The highest BCUT2D eigenvalue weighted by molar-refractivity contribution is 6.04. The average Bonchev–Trinajstić information content (AvgIpc) is 2.38. The second kappa shape index (κ2) is 5.28. The molecule has 0 saturated carbocycles. The Labute approximate surface area is 115 Å². The second-order valence-electron chi connectivity index (χ2n) is 4.63. The molecule has 0 bridgehead atoms. The number of halogens is 2. The molecule has 0 aromatic heterocycles. The minimum Gasteiger partial charge on any atom is -0.394 e. The smallest absolute Gasteiger partial charge is 0.255 e. The van der Waals surface area contributed by atoms with Crippen molar-refractivity contribution in [3.63, 3.8) is 0 Å². The van der Waals surface area contributed by atoms with Crippen molar-refractivity contribution in [3.05, 3.63) is 58.7 Å². The zero-order chi connectivity index (χ0) is 14.9. The van der Waals surface area contributed by atoms with Gasteiger partial charge in [-0.15, -0.1) is 0 Å². The Morgan fingerprint density at radius 1 is 1.10 bits per heavy atom. The summed E-state index contributed by atoms with van der Waals surface area (Å²) in [5, 5.41) is 2.61. The molecule has 2 aromatic carbocycles. The molecular weight excluding hydrogens is 262 g/mol. The number of nitrogens with one attached hydrogen (secondary N) is 1. The molecule has 2 rings (SSSR count). The van der Waals surface area contributed by atoms with Crippen LogP contribution < -0.4 is 11.1 Å². The van der Waals surface area contributed by atoms with Gasteiger partial charge in [-0.3, -0.25) is 4.79 Å². The number of rotatable bonds is 2. The SMILES string of the molecule is Cc1ccc(NC(=O)c2cc(F)c(N)c(F)c2)c(C)c1. The van der Waals surface area contributed by atoms with Gasteiger partial charge in [-0.1, -0.05) is 17.7 Å². The van der Waals surface area contributed by atoms with Crippen molar-refractivity contribution < 1.29 is 13.6 Å². The molecule has 3 nitrogen and oxygen atoms in total. The van der Waals surface area contributed by atoms with Crippen molar-refractivity contribution >= 4 is 17.3 Å². The lowest BCUT2D eigenvalue weighted by Gasteiger charge is -2.10. The lowest BCUT2D eigenvalue weighted by Crippen LogP contribution is -2.14. The quantitative estimate of drug-likeness (QED) is 0.826. The van der Waals surface area contributed by atoms with Crippen LogP contribution in [0.2, 0.25) is 0 Å². The summed E-state index contributed by atoms with van der Waals surface area (Å²) in [7, 11) is 0. The Hall–Kier alpha value is -2.43. The molecule has 0 unspecified atom stereocenters. The fourth-order valence-electron chi connectivity index (χ4n) is 1.86. The Bertz CT molecular complexity index is 661. The van der Waals surface area contributed by atoms with E-state index in [1.165, 1.54) is 0 Å². The molecule has 0 aliphatic rings. The highest BCUT2D eigenvalue weighted by Gasteiger charge is 2.14. The molecule has 0 heterocycles. The summed E-state index contributed by atoms with van der Waals surface area (Å²) < 4.78 is 26.7. The van der Waals surface area contributed by atoms with Crippen LogP contribution in [0.1, 0.15) is 21.5 Å². The van der Waals surface area contributed by atoms with Gasteiger partial charge in [0, 0.05) is 11.3 Å². The maximum absolute atomic E-state index is 13.3. The fourth-order valence-corrected chi connectivity index (χ4v) is 1.86. The van der Waals surface area contributed by atoms with Gasteiger partial charge < -0.3 is 11.1 Å². The predicted octanol–water partition coefficient (Wildman–Crippen LogP) is 3.42. The molecule has 0 saturated heterocycles. The Kier molecular flexibility index (Phi) is 3.70. The summed E-state index contributed by atoms with van der Waals surface area (Å²) in [6.07, 6.45) is 0. The monoisotopic (exact) mass is 276 g/mol. The third kappa shape index (κ3) is 2.77. The Balaban J connectivity index is 2.28. The number of benzene rings is 2. The van der Waals surface area contributed by atoms with E-state index in [-0.39, 0.29) is 5.56 Å². The van der Waals surface area contributed by atoms with Crippen LogP contribution in [0.5, 0.6) is 0 Å². The van der Waals surface area contributed by atoms with Crippen LogP contribution in [0, 0.1) is 25.5 Å². The maximum atomic E-state index is 13.3. The van der Waals surface area contributed by atoms with Crippen molar-refractivity contribution in [3.8, 4) is 0 Å². The van der Waals surface area contributed by atoms with Crippen LogP contribution in [0.25, 0.3) is 0 Å². The average molecular weight is 276 g/mol. The van der Waals surface area contributed by atoms with E-state index in [2.05, 4.69) is 5.32 Å². The Morgan fingerprint density at radius 3 is 2.25 bits per heavy atom. The second-order valence-corrected chi connectivity index (χ2v) is 4.63. The number of nitrogen functional groups attached to an aromatic ring is 1. The van der Waals surface area contributed by atoms with Crippen molar-refractivity contribution in [1.29, 1.82) is 0 Å². The van der Waals surface area contributed by atoms with Crippen LogP contribution >= 0.6 is 0 Å². The highest BCUT2D eigenvalue weighted by Crippen LogP contribution is 2.20. The van der Waals surface area contributed by atoms with Gasteiger partial charge in [0.1, 0.15) is 17.3 Å². The van der Waals surface area contributed by atoms with E-state index in [9.17, 15) is 13.6 Å². The van der Waals surface area contributed by atoms with Gasteiger partial charge in [-0.25, -0.2) is 8.78 Å². The summed E-state index contributed by atoms with van der Waals surface area (Å²) in [4.78, 5) is 12.0. The molecule has 3 N–H and O–H groups in total. The maximum Gasteiger partial charge on any atom is 0.255 e. The predicted molar refractivity (Wildman–Crippen MR) is 74.6 cm³/mol. The van der Waals surface area contributed by atoms with Crippen molar-refractivity contribution in [2.24, 2.45) is 0 Å². The molecule has 2 aromatic rings. The summed E-state index contributed by atoms with van der Waals surface area (Å²) in [6.45, 7) is 3.77. The van der Waals surface area contributed by atoms with Gasteiger partial charge in [-0.05, 0) is 37.6 Å². The molecule has 5 heteroatoms. The lowest BCUT2D eigenvalue weighted by atomic mass is 10.1. The largest absolute Gasteiger partial charge is 0.394 e. The molecule has 1 amide bonds. The third-order valence-electron chi connectivity index (χ3n) is 2.97. The van der Waals surface area contributed by atoms with Gasteiger partial charge in [0.05, 0.1) is 0 Å².